The topological polar surface area (TPSA) is 110 Å². The number of aromatic nitrogens is 2. The van der Waals surface area contributed by atoms with E-state index in [1.807, 2.05) is 13.8 Å². The van der Waals surface area contributed by atoms with Crippen molar-refractivity contribution in [3.8, 4) is 0 Å². The molecule has 1 aromatic heterocycles. The molecule has 24 heavy (non-hydrogen) atoms. The second-order valence-corrected chi connectivity index (χ2v) is 6.03. The molecule has 0 aliphatic rings. The van der Waals surface area contributed by atoms with Gasteiger partial charge in [0.15, 0.2) is 5.05 Å². The number of nitrogens with two attached hydrogens (primary N) is 1. The standard InChI is InChI=1S/C16H24N4O3S/c1-5-12(23-16(24)9(2)3)7-14(22)20-13(21)6-11-8-18-10(4)19-15(11)17/h5,8-9,14,22H,6-7H2,1-4H3,(H,20,21)(H2,17,18,19). The van der Waals surface area contributed by atoms with E-state index < -0.39 is 6.23 Å². The Morgan fingerprint density at radius 2 is 2.21 bits per heavy atom. The normalized spacial score (nSPS) is 12.8. The Morgan fingerprint density at radius 1 is 1.54 bits per heavy atom. The second kappa shape index (κ2) is 9.29. The molecule has 1 unspecified atom stereocenters. The van der Waals surface area contributed by atoms with E-state index >= 15 is 0 Å². The SMILES string of the molecule is CC=C(CC(O)NC(=O)Cc1cnc(C)nc1N)OC(=S)C(C)C. The maximum absolute atomic E-state index is 12.0. The number of nitrogen functional groups attached to an aromatic ring is 1. The lowest BCUT2D eigenvalue weighted by atomic mass is 10.2. The number of ether oxygens (including phenoxy) is 1. The van der Waals surface area contributed by atoms with Crippen molar-refractivity contribution in [3.05, 3.63) is 29.4 Å². The third-order valence-corrected chi connectivity index (χ3v) is 3.67. The smallest absolute Gasteiger partial charge is 0.226 e. The van der Waals surface area contributed by atoms with Crippen LogP contribution in [0.15, 0.2) is 18.0 Å². The molecule has 132 valence electrons. The molecule has 0 bridgehead atoms. The Balaban J connectivity index is 2.55. The molecular formula is C16H24N4O3S. The van der Waals surface area contributed by atoms with E-state index in [4.69, 9.17) is 22.7 Å². The van der Waals surface area contributed by atoms with Gasteiger partial charge in [-0.05, 0) is 32.1 Å². The summed E-state index contributed by atoms with van der Waals surface area (Å²) < 4.78 is 5.51. The van der Waals surface area contributed by atoms with Gasteiger partial charge in [0.25, 0.3) is 0 Å². The monoisotopic (exact) mass is 352 g/mol. The second-order valence-electron chi connectivity index (χ2n) is 5.62. The summed E-state index contributed by atoms with van der Waals surface area (Å²) in [5.74, 6) is 0.994. The van der Waals surface area contributed by atoms with Crippen LogP contribution in [0.1, 0.15) is 38.6 Å². The predicted molar refractivity (Wildman–Crippen MR) is 95.9 cm³/mol. The number of rotatable bonds is 7. The number of nitrogens with one attached hydrogen (secondary N) is 1. The zero-order chi connectivity index (χ0) is 18.3. The first-order valence-electron chi connectivity index (χ1n) is 7.65. The van der Waals surface area contributed by atoms with Crippen molar-refractivity contribution in [2.75, 3.05) is 5.73 Å². The summed E-state index contributed by atoms with van der Waals surface area (Å²) in [7, 11) is 0. The van der Waals surface area contributed by atoms with Gasteiger partial charge in [-0.25, -0.2) is 9.97 Å². The predicted octanol–water partition coefficient (Wildman–Crippen LogP) is 1.64. The summed E-state index contributed by atoms with van der Waals surface area (Å²) in [6, 6.07) is 0. The quantitative estimate of drug-likeness (QED) is 0.389. The molecule has 4 N–H and O–H groups in total. The third kappa shape index (κ3) is 6.59. The molecule has 0 saturated heterocycles. The highest BCUT2D eigenvalue weighted by molar-refractivity contribution is 7.80. The Hall–Kier alpha value is -2.06. The van der Waals surface area contributed by atoms with E-state index in [0.29, 0.717) is 22.2 Å². The van der Waals surface area contributed by atoms with Gasteiger partial charge in [0.1, 0.15) is 23.6 Å². The fourth-order valence-electron chi connectivity index (χ4n) is 1.77. The molecule has 0 fully saturated rings. The first kappa shape index (κ1) is 20.0. The van der Waals surface area contributed by atoms with Crippen molar-refractivity contribution >= 4 is 29.0 Å². The van der Waals surface area contributed by atoms with E-state index in [-0.39, 0.29) is 30.5 Å². The molecule has 1 heterocycles. The summed E-state index contributed by atoms with van der Waals surface area (Å²) in [6.45, 7) is 7.32. The van der Waals surface area contributed by atoms with Crippen LogP contribution in [0.2, 0.25) is 0 Å². The highest BCUT2D eigenvalue weighted by Gasteiger charge is 2.15. The lowest BCUT2D eigenvalue weighted by Gasteiger charge is -2.17. The maximum atomic E-state index is 12.0. The van der Waals surface area contributed by atoms with Crippen LogP contribution >= 0.6 is 12.2 Å². The molecule has 1 aromatic rings. The summed E-state index contributed by atoms with van der Waals surface area (Å²) in [5.41, 5.74) is 6.26. The fraction of sp³-hybridized carbons (Fsp3) is 0.500. The molecule has 0 aliphatic carbocycles. The van der Waals surface area contributed by atoms with Crippen molar-refractivity contribution in [3.63, 3.8) is 0 Å². The highest BCUT2D eigenvalue weighted by atomic mass is 32.1. The molecule has 7 nitrogen and oxygen atoms in total. The van der Waals surface area contributed by atoms with Crippen molar-refractivity contribution in [2.24, 2.45) is 5.92 Å². The molecule has 0 aliphatic heterocycles. The number of allylic oxidation sites excluding steroid dienone is 1. The van der Waals surface area contributed by atoms with Gasteiger partial charge in [0, 0.05) is 17.7 Å². The first-order valence-corrected chi connectivity index (χ1v) is 8.06. The Bertz CT molecular complexity index is 632. The molecule has 1 atom stereocenters. The summed E-state index contributed by atoms with van der Waals surface area (Å²) in [4.78, 5) is 20.0. The van der Waals surface area contributed by atoms with Gasteiger partial charge in [0.2, 0.25) is 5.91 Å². The van der Waals surface area contributed by atoms with Crippen LogP contribution in [0, 0.1) is 12.8 Å². The van der Waals surface area contributed by atoms with Gasteiger partial charge in [-0.2, -0.15) is 0 Å². The van der Waals surface area contributed by atoms with Crippen LogP contribution in [0.25, 0.3) is 0 Å². The average Bonchev–Trinajstić information content (AvgIpc) is 2.49. The first-order chi connectivity index (χ1) is 11.2. The van der Waals surface area contributed by atoms with Crippen LogP contribution in [0.4, 0.5) is 5.82 Å². The van der Waals surface area contributed by atoms with Crippen molar-refractivity contribution in [1.29, 1.82) is 0 Å². The van der Waals surface area contributed by atoms with E-state index in [0.717, 1.165) is 0 Å². The van der Waals surface area contributed by atoms with Gasteiger partial charge < -0.3 is 20.9 Å². The van der Waals surface area contributed by atoms with E-state index in [2.05, 4.69) is 15.3 Å². The number of hydrogen-bond donors (Lipinski definition) is 3. The Kier molecular flexibility index (Phi) is 7.73. The van der Waals surface area contributed by atoms with Crippen LogP contribution in [0.3, 0.4) is 0 Å². The van der Waals surface area contributed by atoms with E-state index in [1.165, 1.54) is 6.20 Å². The number of carbonyl (C=O) groups excluding carboxylic acids is 1. The van der Waals surface area contributed by atoms with Crippen molar-refractivity contribution in [1.82, 2.24) is 15.3 Å². The molecular weight excluding hydrogens is 328 g/mol. The molecule has 0 saturated carbocycles. The minimum absolute atomic E-state index is 0.0143. The van der Waals surface area contributed by atoms with E-state index in [9.17, 15) is 9.90 Å². The number of aliphatic hydroxyl groups is 1. The third-order valence-electron chi connectivity index (χ3n) is 3.12. The van der Waals surface area contributed by atoms with Crippen molar-refractivity contribution in [2.45, 2.75) is 46.8 Å². The number of nitrogens with zero attached hydrogens (tertiary/aromatic N) is 2. The number of hydrogen-bond acceptors (Lipinski definition) is 7. The van der Waals surface area contributed by atoms with Gasteiger partial charge in [-0.3, -0.25) is 4.79 Å². The molecule has 1 amide bonds. The highest BCUT2D eigenvalue weighted by Crippen LogP contribution is 2.12. The zero-order valence-electron chi connectivity index (χ0n) is 14.4. The number of carbonyl (C=O) groups is 1. The lowest BCUT2D eigenvalue weighted by Crippen LogP contribution is -2.36. The average molecular weight is 352 g/mol. The summed E-state index contributed by atoms with van der Waals surface area (Å²) >= 11 is 5.11. The number of amides is 1. The number of aliphatic hydroxyl groups excluding tert-OH is 1. The molecule has 8 heteroatoms. The minimum Gasteiger partial charge on any atom is -0.455 e. The van der Waals surface area contributed by atoms with E-state index in [1.54, 1.807) is 19.9 Å². The molecule has 0 spiro atoms. The summed E-state index contributed by atoms with van der Waals surface area (Å²) in [6.07, 6.45) is 2.22. The largest absolute Gasteiger partial charge is 0.455 e. The number of aryl methyl sites for hydroxylation is 1. The molecule has 0 aromatic carbocycles. The number of thiocarbonyl (C=S) groups is 1. The summed E-state index contributed by atoms with van der Waals surface area (Å²) in [5, 5.41) is 12.9. The van der Waals surface area contributed by atoms with Gasteiger partial charge in [-0.1, -0.05) is 13.8 Å². The van der Waals surface area contributed by atoms with Crippen LogP contribution < -0.4 is 11.1 Å². The lowest BCUT2D eigenvalue weighted by molar-refractivity contribution is -0.123. The van der Waals surface area contributed by atoms with Crippen molar-refractivity contribution < 1.29 is 14.6 Å². The van der Waals surface area contributed by atoms with Crippen LogP contribution in [-0.4, -0.2) is 32.3 Å². The minimum atomic E-state index is -1.09. The fourth-order valence-corrected chi connectivity index (χ4v) is 1.87. The van der Waals surface area contributed by atoms with Crippen LogP contribution in [0.5, 0.6) is 0 Å². The Morgan fingerprint density at radius 3 is 2.75 bits per heavy atom. The Labute approximate surface area is 147 Å². The molecule has 0 radical (unpaired) electrons. The maximum Gasteiger partial charge on any atom is 0.226 e. The van der Waals surface area contributed by atoms with Gasteiger partial charge in [0.05, 0.1) is 12.8 Å². The van der Waals surface area contributed by atoms with Gasteiger partial charge >= 0.3 is 0 Å². The number of anilines is 1. The van der Waals surface area contributed by atoms with Crippen LogP contribution in [-0.2, 0) is 16.0 Å². The molecule has 1 rings (SSSR count). The van der Waals surface area contributed by atoms with Gasteiger partial charge in [-0.15, -0.1) is 0 Å². The zero-order valence-corrected chi connectivity index (χ0v) is 15.2.